The van der Waals surface area contributed by atoms with E-state index in [1.54, 1.807) is 7.05 Å². The van der Waals surface area contributed by atoms with Crippen LogP contribution in [0.5, 0.6) is 0 Å². The number of amides is 1. The highest BCUT2D eigenvalue weighted by atomic mass is 32.2. The summed E-state index contributed by atoms with van der Waals surface area (Å²) in [4.78, 5) is 11.3. The maximum absolute atomic E-state index is 11.8. The molecule has 1 aliphatic carbocycles. The molecule has 0 aliphatic heterocycles. The van der Waals surface area contributed by atoms with E-state index in [9.17, 15) is 13.2 Å². The molecule has 0 bridgehead atoms. The molecule has 1 fully saturated rings. The van der Waals surface area contributed by atoms with E-state index in [4.69, 9.17) is 5.73 Å². The summed E-state index contributed by atoms with van der Waals surface area (Å²) in [7, 11) is -2.24. The van der Waals surface area contributed by atoms with Gasteiger partial charge in [-0.25, -0.2) is 13.1 Å². The second-order valence-electron chi connectivity index (χ2n) is 4.22. The summed E-state index contributed by atoms with van der Waals surface area (Å²) in [6.45, 7) is -0.298. The number of nitrogens with zero attached hydrogens (tertiary/aromatic N) is 2. The molecule has 0 saturated heterocycles. The van der Waals surface area contributed by atoms with Crippen molar-refractivity contribution in [3.8, 4) is 0 Å². The van der Waals surface area contributed by atoms with Crippen molar-refractivity contribution in [2.24, 2.45) is 7.05 Å². The number of carbonyl (C=O) groups excluding carboxylic acids is 1. The first-order valence-electron chi connectivity index (χ1n) is 5.46. The smallest absolute Gasteiger partial charge is 0.246 e. The third kappa shape index (κ3) is 2.99. The Bertz CT molecular complexity index is 561. The zero-order chi connectivity index (χ0) is 13.3. The van der Waals surface area contributed by atoms with Crippen LogP contribution in [-0.2, 0) is 21.9 Å². The van der Waals surface area contributed by atoms with E-state index in [1.807, 2.05) is 0 Å². The summed E-state index contributed by atoms with van der Waals surface area (Å²) in [5, 5.41) is 6.42. The second kappa shape index (κ2) is 4.58. The van der Waals surface area contributed by atoms with Crippen molar-refractivity contribution < 1.29 is 13.2 Å². The summed E-state index contributed by atoms with van der Waals surface area (Å²) in [6, 6.07) is 0.200. The van der Waals surface area contributed by atoms with Crippen LogP contribution in [0.3, 0.4) is 0 Å². The molecule has 0 aromatic carbocycles. The Morgan fingerprint density at radius 3 is 2.78 bits per heavy atom. The lowest BCUT2D eigenvalue weighted by molar-refractivity contribution is -0.120. The van der Waals surface area contributed by atoms with Gasteiger partial charge in [0.15, 0.2) is 5.82 Å². The first kappa shape index (κ1) is 12.8. The summed E-state index contributed by atoms with van der Waals surface area (Å²) in [6.07, 6.45) is 3.19. The van der Waals surface area contributed by atoms with Gasteiger partial charge in [-0.3, -0.25) is 9.48 Å². The topological polar surface area (TPSA) is 119 Å². The lowest BCUT2D eigenvalue weighted by atomic mass is 10.5. The molecule has 8 nitrogen and oxygen atoms in total. The van der Waals surface area contributed by atoms with E-state index < -0.39 is 10.0 Å². The highest BCUT2D eigenvalue weighted by Gasteiger charge is 2.25. The molecule has 1 saturated carbocycles. The summed E-state index contributed by atoms with van der Waals surface area (Å²) in [5.74, 6) is -0.434. The highest BCUT2D eigenvalue weighted by molar-refractivity contribution is 7.89. The van der Waals surface area contributed by atoms with E-state index in [0.717, 1.165) is 12.8 Å². The largest absolute Gasteiger partial charge is 0.381 e. The number of aromatic nitrogens is 2. The standard InChI is InChI=1S/C9H15N5O3S/c1-14-5-7(9(10)13-14)18(16,17)11-4-8(15)12-6-2-3-6/h5-6,11H,2-4H2,1H3,(H2,10,13)(H,12,15). The quantitative estimate of drug-likeness (QED) is 0.607. The lowest BCUT2D eigenvalue weighted by Gasteiger charge is -2.05. The number of anilines is 1. The van der Waals surface area contributed by atoms with Gasteiger partial charge in [-0.2, -0.15) is 5.10 Å². The molecular weight excluding hydrogens is 258 g/mol. The van der Waals surface area contributed by atoms with Gasteiger partial charge in [-0.1, -0.05) is 0 Å². The maximum atomic E-state index is 11.8. The van der Waals surface area contributed by atoms with Gasteiger partial charge in [0.2, 0.25) is 15.9 Å². The Kier molecular flexibility index (Phi) is 3.26. The van der Waals surface area contributed by atoms with E-state index in [2.05, 4.69) is 15.1 Å². The normalized spacial score (nSPS) is 15.6. The minimum atomic E-state index is -3.80. The predicted octanol–water partition coefficient (Wildman–Crippen LogP) is -1.44. The van der Waals surface area contributed by atoms with Crippen molar-refractivity contribution in [2.45, 2.75) is 23.8 Å². The Morgan fingerprint density at radius 2 is 2.28 bits per heavy atom. The molecule has 1 heterocycles. The first-order chi connectivity index (χ1) is 8.38. The number of aryl methyl sites for hydroxylation is 1. The molecule has 0 unspecified atom stereocenters. The Hall–Kier alpha value is -1.61. The Balaban J connectivity index is 1.98. The fourth-order valence-electron chi connectivity index (χ4n) is 1.44. The van der Waals surface area contributed by atoms with E-state index in [0.29, 0.717) is 0 Å². The molecular formula is C9H15N5O3S. The van der Waals surface area contributed by atoms with Crippen molar-refractivity contribution in [3.05, 3.63) is 6.20 Å². The lowest BCUT2D eigenvalue weighted by Crippen LogP contribution is -2.37. The molecule has 0 atom stereocenters. The van der Waals surface area contributed by atoms with Gasteiger partial charge in [0.1, 0.15) is 4.90 Å². The molecule has 2 rings (SSSR count). The Morgan fingerprint density at radius 1 is 1.61 bits per heavy atom. The first-order valence-corrected chi connectivity index (χ1v) is 6.95. The molecule has 18 heavy (non-hydrogen) atoms. The molecule has 0 radical (unpaired) electrons. The monoisotopic (exact) mass is 273 g/mol. The van der Waals surface area contributed by atoms with Crippen molar-refractivity contribution >= 4 is 21.7 Å². The van der Waals surface area contributed by atoms with Gasteiger partial charge in [0.25, 0.3) is 0 Å². The van der Waals surface area contributed by atoms with Crippen LogP contribution in [0.25, 0.3) is 0 Å². The summed E-state index contributed by atoms with van der Waals surface area (Å²) >= 11 is 0. The maximum Gasteiger partial charge on any atom is 0.246 e. The SMILES string of the molecule is Cn1cc(S(=O)(=O)NCC(=O)NC2CC2)c(N)n1. The third-order valence-electron chi connectivity index (χ3n) is 2.48. The van der Waals surface area contributed by atoms with Gasteiger partial charge in [-0.15, -0.1) is 0 Å². The van der Waals surface area contributed by atoms with Gasteiger partial charge in [-0.05, 0) is 12.8 Å². The minimum Gasteiger partial charge on any atom is -0.381 e. The fraction of sp³-hybridized carbons (Fsp3) is 0.556. The van der Waals surface area contributed by atoms with Crippen molar-refractivity contribution in [1.29, 1.82) is 0 Å². The van der Waals surface area contributed by atoms with Crippen LogP contribution in [0.1, 0.15) is 12.8 Å². The second-order valence-corrected chi connectivity index (χ2v) is 5.95. The van der Waals surface area contributed by atoms with E-state index in [-0.39, 0.29) is 29.2 Å². The van der Waals surface area contributed by atoms with Gasteiger partial charge in [0.05, 0.1) is 6.54 Å². The van der Waals surface area contributed by atoms with E-state index in [1.165, 1.54) is 10.9 Å². The number of nitrogens with one attached hydrogen (secondary N) is 2. The molecule has 9 heteroatoms. The van der Waals surface area contributed by atoms with Crippen LogP contribution in [0.2, 0.25) is 0 Å². The van der Waals surface area contributed by atoms with Crippen LogP contribution in [0.4, 0.5) is 5.82 Å². The molecule has 0 spiro atoms. The third-order valence-corrected chi connectivity index (χ3v) is 3.89. The van der Waals surface area contributed by atoms with Gasteiger partial charge >= 0.3 is 0 Å². The summed E-state index contributed by atoms with van der Waals surface area (Å²) < 4.78 is 27.2. The summed E-state index contributed by atoms with van der Waals surface area (Å²) in [5.41, 5.74) is 5.47. The van der Waals surface area contributed by atoms with E-state index >= 15 is 0 Å². The van der Waals surface area contributed by atoms with Crippen LogP contribution in [0, 0.1) is 0 Å². The zero-order valence-corrected chi connectivity index (χ0v) is 10.7. The van der Waals surface area contributed by atoms with Crippen LogP contribution >= 0.6 is 0 Å². The average molecular weight is 273 g/mol. The average Bonchev–Trinajstić information content (AvgIpc) is 3.00. The van der Waals surface area contributed by atoms with Crippen molar-refractivity contribution in [1.82, 2.24) is 19.8 Å². The van der Waals surface area contributed by atoms with Gasteiger partial charge < -0.3 is 11.1 Å². The Labute approximate surface area is 105 Å². The highest BCUT2D eigenvalue weighted by Crippen LogP contribution is 2.18. The number of hydrogen-bond acceptors (Lipinski definition) is 5. The molecule has 1 aliphatic rings. The van der Waals surface area contributed by atoms with Crippen LogP contribution in [-0.4, -0.2) is 36.7 Å². The number of nitrogens with two attached hydrogens (primary N) is 1. The minimum absolute atomic E-state index is 0.0902. The molecule has 1 aromatic rings. The van der Waals surface area contributed by atoms with Crippen LogP contribution < -0.4 is 15.8 Å². The number of rotatable bonds is 5. The molecule has 1 aromatic heterocycles. The van der Waals surface area contributed by atoms with Crippen molar-refractivity contribution in [3.63, 3.8) is 0 Å². The number of carbonyl (C=O) groups is 1. The van der Waals surface area contributed by atoms with Crippen LogP contribution in [0.15, 0.2) is 11.1 Å². The van der Waals surface area contributed by atoms with Crippen molar-refractivity contribution in [2.75, 3.05) is 12.3 Å². The molecule has 1 amide bonds. The molecule has 4 N–H and O–H groups in total. The number of hydrogen-bond donors (Lipinski definition) is 3. The number of nitrogen functional groups attached to an aromatic ring is 1. The molecule has 100 valence electrons. The zero-order valence-electron chi connectivity index (χ0n) is 9.88. The fourth-order valence-corrected chi connectivity index (χ4v) is 2.52. The number of sulfonamides is 1. The van der Waals surface area contributed by atoms with Gasteiger partial charge in [0, 0.05) is 19.3 Å². The predicted molar refractivity (Wildman–Crippen MR) is 64.0 cm³/mol.